The van der Waals surface area contributed by atoms with Crippen molar-refractivity contribution in [1.29, 1.82) is 0 Å². The molecule has 7 heteroatoms. The van der Waals surface area contributed by atoms with E-state index in [1.807, 2.05) is 42.1 Å². The first kappa shape index (κ1) is 20.7. The number of benzene rings is 2. The van der Waals surface area contributed by atoms with Crippen LogP contribution in [0.5, 0.6) is 11.5 Å². The van der Waals surface area contributed by atoms with Crippen LogP contribution in [0.4, 0.5) is 0 Å². The molecule has 0 radical (unpaired) electrons. The van der Waals surface area contributed by atoms with Gasteiger partial charge in [0.1, 0.15) is 6.61 Å². The second-order valence-corrected chi connectivity index (χ2v) is 11.6. The third-order valence-electron chi connectivity index (χ3n) is 7.30. The SMILES string of the molecule is COc1cc([C@@H]2c3sc(=O)[nH]c3S[C@@H]3[C@H]4CC[C@@H](C4)[C@H]23)ccc1OCc1cccc(Cl)c1. The number of thioether (sulfide) groups is 1. The lowest BCUT2D eigenvalue weighted by Crippen LogP contribution is -2.33. The molecule has 6 rings (SSSR count). The van der Waals surface area contributed by atoms with E-state index in [0.717, 1.165) is 28.2 Å². The summed E-state index contributed by atoms with van der Waals surface area (Å²) in [6.07, 6.45) is 3.97. The molecule has 1 N–H and O–H groups in total. The van der Waals surface area contributed by atoms with E-state index in [1.54, 1.807) is 7.11 Å². The molecule has 32 heavy (non-hydrogen) atoms. The summed E-state index contributed by atoms with van der Waals surface area (Å²) in [5.74, 6) is 3.79. The highest BCUT2D eigenvalue weighted by atomic mass is 35.5. The van der Waals surface area contributed by atoms with E-state index in [4.69, 9.17) is 21.1 Å². The first-order chi connectivity index (χ1) is 15.6. The second kappa shape index (κ2) is 8.15. The molecule has 2 heterocycles. The summed E-state index contributed by atoms with van der Waals surface area (Å²) in [6.45, 7) is 0.425. The lowest BCUT2D eigenvalue weighted by Gasteiger charge is -2.40. The van der Waals surface area contributed by atoms with Crippen molar-refractivity contribution in [3.8, 4) is 11.5 Å². The molecule has 3 aromatic rings. The van der Waals surface area contributed by atoms with Crippen LogP contribution in [0, 0.1) is 17.8 Å². The van der Waals surface area contributed by atoms with Crippen molar-refractivity contribution < 1.29 is 9.47 Å². The Morgan fingerprint density at radius 2 is 2.00 bits per heavy atom. The van der Waals surface area contributed by atoms with Gasteiger partial charge in [0.15, 0.2) is 11.5 Å². The topological polar surface area (TPSA) is 51.3 Å². The zero-order valence-corrected chi connectivity index (χ0v) is 20.1. The van der Waals surface area contributed by atoms with Crippen molar-refractivity contribution in [3.63, 3.8) is 0 Å². The van der Waals surface area contributed by atoms with Gasteiger partial charge in [-0.25, -0.2) is 0 Å². The maximum Gasteiger partial charge on any atom is 0.305 e. The molecule has 0 saturated heterocycles. The Morgan fingerprint density at radius 3 is 2.84 bits per heavy atom. The summed E-state index contributed by atoms with van der Waals surface area (Å²) in [4.78, 5) is 16.6. The predicted octanol–water partition coefficient (Wildman–Crippen LogP) is 6.33. The molecular weight excluding hydrogens is 462 g/mol. The Kier molecular flexibility index (Phi) is 5.27. The minimum absolute atomic E-state index is 0.0493. The fraction of sp³-hybridized carbons (Fsp3) is 0.400. The van der Waals surface area contributed by atoms with Crippen LogP contribution in [0.2, 0.25) is 5.02 Å². The van der Waals surface area contributed by atoms with Crippen LogP contribution in [0.3, 0.4) is 0 Å². The van der Waals surface area contributed by atoms with Gasteiger partial charge in [-0.2, -0.15) is 0 Å². The van der Waals surface area contributed by atoms with Crippen LogP contribution in [0.25, 0.3) is 0 Å². The number of thiazole rings is 1. The number of methoxy groups -OCH3 is 1. The van der Waals surface area contributed by atoms with Crippen molar-refractivity contribution in [2.45, 2.75) is 42.1 Å². The van der Waals surface area contributed by atoms with Gasteiger partial charge in [0, 0.05) is 21.1 Å². The van der Waals surface area contributed by atoms with Crippen LogP contribution < -0.4 is 14.3 Å². The highest BCUT2D eigenvalue weighted by Crippen LogP contribution is 2.63. The van der Waals surface area contributed by atoms with Crippen LogP contribution in [0.15, 0.2) is 52.3 Å². The first-order valence-electron chi connectivity index (χ1n) is 11.1. The Hall–Kier alpha value is -1.89. The van der Waals surface area contributed by atoms with E-state index in [2.05, 4.69) is 17.1 Å². The normalized spacial score (nSPS) is 27.8. The molecule has 3 aliphatic rings. The average Bonchev–Trinajstić information content (AvgIpc) is 3.50. The van der Waals surface area contributed by atoms with Crippen molar-refractivity contribution >= 4 is 34.7 Å². The van der Waals surface area contributed by atoms with E-state index >= 15 is 0 Å². The highest BCUT2D eigenvalue weighted by Gasteiger charge is 2.54. The Bertz CT molecular complexity index is 1220. The summed E-state index contributed by atoms with van der Waals surface area (Å²) in [5, 5.41) is 2.38. The molecule has 2 bridgehead atoms. The quantitative estimate of drug-likeness (QED) is 0.458. The number of aromatic nitrogens is 1. The third kappa shape index (κ3) is 3.47. The van der Waals surface area contributed by atoms with Gasteiger partial charge in [-0.1, -0.05) is 41.1 Å². The van der Waals surface area contributed by atoms with Gasteiger partial charge in [0.05, 0.1) is 12.1 Å². The molecule has 1 aromatic heterocycles. The number of hydrogen-bond acceptors (Lipinski definition) is 5. The maximum atomic E-state index is 12.2. The van der Waals surface area contributed by atoms with Gasteiger partial charge >= 0.3 is 4.87 Å². The van der Waals surface area contributed by atoms with Gasteiger partial charge in [0.25, 0.3) is 0 Å². The van der Waals surface area contributed by atoms with Crippen molar-refractivity contribution in [3.05, 3.63) is 73.2 Å². The van der Waals surface area contributed by atoms with Crippen LogP contribution in [0.1, 0.15) is 41.2 Å². The van der Waals surface area contributed by atoms with Gasteiger partial charge in [0.2, 0.25) is 0 Å². The molecule has 2 aromatic carbocycles. The Balaban J connectivity index is 1.34. The minimum Gasteiger partial charge on any atom is -0.493 e. The van der Waals surface area contributed by atoms with E-state index in [1.165, 1.54) is 41.0 Å². The van der Waals surface area contributed by atoms with Crippen molar-refractivity contribution in [1.82, 2.24) is 4.98 Å². The molecule has 5 atom stereocenters. The maximum absolute atomic E-state index is 12.2. The van der Waals surface area contributed by atoms with Gasteiger partial charge < -0.3 is 14.5 Å². The van der Waals surface area contributed by atoms with E-state index in [9.17, 15) is 4.79 Å². The summed E-state index contributed by atoms with van der Waals surface area (Å²) < 4.78 is 11.8. The summed E-state index contributed by atoms with van der Waals surface area (Å²) in [7, 11) is 1.68. The largest absolute Gasteiger partial charge is 0.493 e. The smallest absolute Gasteiger partial charge is 0.305 e. The number of ether oxygens (including phenoxy) is 2. The van der Waals surface area contributed by atoms with E-state index in [-0.39, 0.29) is 10.8 Å². The van der Waals surface area contributed by atoms with Gasteiger partial charge in [-0.05, 0) is 72.4 Å². The van der Waals surface area contributed by atoms with Crippen molar-refractivity contribution in [2.75, 3.05) is 7.11 Å². The number of H-pyrrole nitrogens is 1. The number of nitrogens with one attached hydrogen (secondary N) is 1. The zero-order chi connectivity index (χ0) is 21.8. The summed E-state index contributed by atoms with van der Waals surface area (Å²) in [6, 6.07) is 14.0. The predicted molar refractivity (Wildman–Crippen MR) is 130 cm³/mol. The van der Waals surface area contributed by atoms with Crippen LogP contribution >= 0.6 is 34.7 Å². The minimum atomic E-state index is 0.0493. The molecule has 166 valence electrons. The fourth-order valence-corrected chi connectivity index (χ4v) is 9.11. The molecule has 1 aliphatic heterocycles. The first-order valence-corrected chi connectivity index (χ1v) is 13.1. The molecule has 2 fully saturated rings. The number of hydrogen-bond donors (Lipinski definition) is 1. The number of rotatable bonds is 5. The molecule has 4 nitrogen and oxygen atoms in total. The summed E-state index contributed by atoms with van der Waals surface area (Å²) >= 11 is 9.40. The Labute approximate surface area is 200 Å². The Morgan fingerprint density at radius 1 is 1.12 bits per heavy atom. The lowest BCUT2D eigenvalue weighted by atomic mass is 9.75. The lowest BCUT2D eigenvalue weighted by molar-refractivity contribution is 0.282. The van der Waals surface area contributed by atoms with Crippen LogP contribution in [-0.2, 0) is 6.61 Å². The molecular formula is C25H24ClNO3S2. The molecule has 0 amide bonds. The van der Waals surface area contributed by atoms with E-state index in [0.29, 0.717) is 28.5 Å². The standard InChI is InChI=1S/C25H24ClNO3S2/c1-29-19-11-15(7-8-18(19)30-12-13-3-2-4-17(26)9-13)21-20-14-5-6-16(10-14)22(20)31-24-23(21)32-25(28)27-24/h2-4,7-9,11,14,16,20-22H,5-6,10,12H2,1H3,(H,27,28)/t14-,16-,20+,21-,22+/m0/s1. The summed E-state index contributed by atoms with van der Waals surface area (Å²) in [5.41, 5.74) is 2.23. The number of fused-ring (bicyclic) bond motifs is 6. The zero-order valence-electron chi connectivity index (χ0n) is 17.7. The number of aromatic amines is 1. The van der Waals surface area contributed by atoms with Gasteiger partial charge in [-0.15, -0.1) is 11.8 Å². The van der Waals surface area contributed by atoms with Crippen molar-refractivity contribution in [2.24, 2.45) is 17.8 Å². The molecule has 0 spiro atoms. The van der Waals surface area contributed by atoms with Gasteiger partial charge in [-0.3, -0.25) is 4.79 Å². The molecule has 2 aliphatic carbocycles. The third-order valence-corrected chi connectivity index (χ3v) is 10.2. The highest BCUT2D eigenvalue weighted by molar-refractivity contribution is 8.00. The second-order valence-electron chi connectivity index (χ2n) is 9.01. The monoisotopic (exact) mass is 485 g/mol. The fourth-order valence-electron chi connectivity index (χ4n) is 6.01. The molecule has 0 unspecified atom stereocenters. The number of halogens is 1. The average molecular weight is 486 g/mol. The van der Waals surface area contributed by atoms with Crippen LogP contribution in [-0.4, -0.2) is 17.3 Å². The van der Waals surface area contributed by atoms with E-state index < -0.39 is 0 Å². The molecule has 2 saturated carbocycles.